The van der Waals surface area contributed by atoms with Crippen molar-refractivity contribution in [2.75, 3.05) is 6.61 Å². The summed E-state index contributed by atoms with van der Waals surface area (Å²) in [6.45, 7) is 3.69. The third-order valence-electron chi connectivity index (χ3n) is 2.86. The van der Waals surface area contributed by atoms with Gasteiger partial charge in [0.05, 0.1) is 0 Å². The van der Waals surface area contributed by atoms with Crippen LogP contribution in [0.3, 0.4) is 0 Å². The highest BCUT2D eigenvalue weighted by atomic mass is 16.6. The molecular formula is C14H26O4. The van der Waals surface area contributed by atoms with E-state index in [1.807, 2.05) is 0 Å². The first-order chi connectivity index (χ1) is 8.61. The van der Waals surface area contributed by atoms with Crippen molar-refractivity contribution in [3.8, 4) is 0 Å². The van der Waals surface area contributed by atoms with Gasteiger partial charge in [0.15, 0.2) is 0 Å². The predicted octanol–water partition coefficient (Wildman–Crippen LogP) is 2.54. The van der Waals surface area contributed by atoms with Gasteiger partial charge in [-0.2, -0.15) is 0 Å². The number of carbonyl (C=O) groups is 1. The van der Waals surface area contributed by atoms with Crippen LogP contribution in [0, 0.1) is 0 Å². The summed E-state index contributed by atoms with van der Waals surface area (Å²) in [6.07, 6.45) is 7.13. The van der Waals surface area contributed by atoms with E-state index in [2.05, 4.69) is 0 Å². The molecule has 0 fully saturated rings. The lowest BCUT2D eigenvalue weighted by Gasteiger charge is -2.11. The molecule has 0 heterocycles. The van der Waals surface area contributed by atoms with Crippen LogP contribution >= 0.6 is 0 Å². The Morgan fingerprint density at radius 3 is 2.28 bits per heavy atom. The molecule has 2 N–H and O–H groups in total. The number of hydrogen-bond donors (Lipinski definition) is 2. The number of aliphatic hydroxyl groups is 2. The average molecular weight is 258 g/mol. The minimum atomic E-state index is -0.996. The number of rotatable bonds is 10. The lowest BCUT2D eigenvalue weighted by molar-refractivity contribution is -0.163. The predicted molar refractivity (Wildman–Crippen MR) is 70.9 cm³/mol. The van der Waals surface area contributed by atoms with Gasteiger partial charge in [-0.25, -0.2) is 4.79 Å². The van der Waals surface area contributed by atoms with E-state index in [9.17, 15) is 9.90 Å². The first-order valence-electron chi connectivity index (χ1n) is 6.74. The number of unbranched alkanes of at least 4 members (excludes halogenated alkanes) is 5. The van der Waals surface area contributed by atoms with E-state index < -0.39 is 12.3 Å². The topological polar surface area (TPSA) is 66.8 Å². The number of hydrogen-bond acceptors (Lipinski definition) is 4. The third-order valence-corrected chi connectivity index (χ3v) is 2.86. The van der Waals surface area contributed by atoms with Crippen LogP contribution in [-0.4, -0.2) is 29.1 Å². The standard InChI is InChI=1S/C14H26O4/c1-3-12(2)14(17)18-13(16)10-8-6-4-5-7-9-11-15/h3,13,15-16H,4-11H2,1-2H3. The summed E-state index contributed by atoms with van der Waals surface area (Å²) in [5, 5.41) is 18.1. The Hall–Kier alpha value is -0.870. The minimum Gasteiger partial charge on any atom is -0.433 e. The van der Waals surface area contributed by atoms with Crippen LogP contribution in [0.4, 0.5) is 0 Å². The van der Waals surface area contributed by atoms with Gasteiger partial charge in [-0.1, -0.05) is 31.8 Å². The molecule has 18 heavy (non-hydrogen) atoms. The fraction of sp³-hybridized carbons (Fsp3) is 0.786. The van der Waals surface area contributed by atoms with Crippen LogP contribution in [0.2, 0.25) is 0 Å². The molecule has 0 radical (unpaired) electrons. The number of esters is 1. The van der Waals surface area contributed by atoms with Gasteiger partial charge in [0.2, 0.25) is 6.29 Å². The highest BCUT2D eigenvalue weighted by molar-refractivity contribution is 5.87. The Balaban J connectivity index is 3.48. The molecular weight excluding hydrogens is 232 g/mol. The summed E-state index contributed by atoms with van der Waals surface area (Å²) in [7, 11) is 0. The van der Waals surface area contributed by atoms with E-state index in [0.717, 1.165) is 38.5 Å². The lowest BCUT2D eigenvalue weighted by atomic mass is 10.1. The second kappa shape index (κ2) is 11.2. The lowest BCUT2D eigenvalue weighted by Crippen LogP contribution is -2.18. The van der Waals surface area contributed by atoms with Crippen molar-refractivity contribution in [2.24, 2.45) is 0 Å². The summed E-state index contributed by atoms with van der Waals surface area (Å²) in [4.78, 5) is 11.3. The van der Waals surface area contributed by atoms with Crippen LogP contribution in [0.1, 0.15) is 58.8 Å². The van der Waals surface area contributed by atoms with Crippen molar-refractivity contribution in [3.63, 3.8) is 0 Å². The Bertz CT molecular complexity index is 248. The van der Waals surface area contributed by atoms with Crippen LogP contribution < -0.4 is 0 Å². The molecule has 0 saturated carbocycles. The molecule has 106 valence electrons. The van der Waals surface area contributed by atoms with Crippen molar-refractivity contribution in [2.45, 2.75) is 65.1 Å². The summed E-state index contributed by atoms with van der Waals surface area (Å²) in [6, 6.07) is 0. The monoisotopic (exact) mass is 258 g/mol. The summed E-state index contributed by atoms with van der Waals surface area (Å²) in [5.74, 6) is -0.451. The average Bonchev–Trinajstić information content (AvgIpc) is 2.36. The van der Waals surface area contributed by atoms with Gasteiger partial charge in [-0.15, -0.1) is 0 Å². The Kier molecular flexibility index (Phi) is 10.7. The fourth-order valence-corrected chi connectivity index (χ4v) is 1.53. The first-order valence-corrected chi connectivity index (χ1v) is 6.74. The molecule has 0 aliphatic heterocycles. The van der Waals surface area contributed by atoms with Gasteiger partial charge in [0.25, 0.3) is 0 Å². The smallest absolute Gasteiger partial charge is 0.335 e. The van der Waals surface area contributed by atoms with Gasteiger partial charge in [0, 0.05) is 18.6 Å². The Morgan fingerprint density at radius 2 is 1.72 bits per heavy atom. The molecule has 0 aromatic rings. The molecule has 1 atom stereocenters. The molecule has 0 amide bonds. The number of allylic oxidation sites excluding steroid dienone is 1. The van der Waals surface area contributed by atoms with Gasteiger partial charge >= 0.3 is 5.97 Å². The molecule has 1 unspecified atom stereocenters. The zero-order valence-electron chi connectivity index (χ0n) is 11.5. The van der Waals surface area contributed by atoms with Crippen LogP contribution in [-0.2, 0) is 9.53 Å². The fourth-order valence-electron chi connectivity index (χ4n) is 1.53. The number of carbonyl (C=O) groups excluding carboxylic acids is 1. The molecule has 0 spiro atoms. The van der Waals surface area contributed by atoms with E-state index in [0.29, 0.717) is 12.0 Å². The first kappa shape index (κ1) is 17.1. The van der Waals surface area contributed by atoms with E-state index in [4.69, 9.17) is 9.84 Å². The molecule has 0 saturated heterocycles. The number of aliphatic hydroxyl groups excluding tert-OH is 2. The van der Waals surface area contributed by atoms with Gasteiger partial charge < -0.3 is 14.9 Å². The third kappa shape index (κ3) is 9.19. The summed E-state index contributed by atoms with van der Waals surface area (Å²) in [5.41, 5.74) is 0.512. The highest BCUT2D eigenvalue weighted by Crippen LogP contribution is 2.10. The van der Waals surface area contributed by atoms with Crippen molar-refractivity contribution in [1.82, 2.24) is 0 Å². The van der Waals surface area contributed by atoms with E-state index in [1.165, 1.54) is 0 Å². The van der Waals surface area contributed by atoms with Gasteiger partial charge in [-0.05, 0) is 26.7 Å². The maximum atomic E-state index is 11.3. The van der Waals surface area contributed by atoms with E-state index >= 15 is 0 Å². The molecule has 4 heteroatoms. The molecule has 4 nitrogen and oxygen atoms in total. The minimum absolute atomic E-state index is 0.263. The maximum Gasteiger partial charge on any atom is 0.335 e. The highest BCUT2D eigenvalue weighted by Gasteiger charge is 2.11. The zero-order chi connectivity index (χ0) is 13.8. The SMILES string of the molecule is CC=C(C)C(=O)OC(O)CCCCCCCCO. The molecule has 0 bridgehead atoms. The van der Waals surface area contributed by atoms with Crippen molar-refractivity contribution in [1.29, 1.82) is 0 Å². The molecule has 0 aliphatic rings. The molecule has 0 aromatic heterocycles. The maximum absolute atomic E-state index is 11.3. The summed E-state index contributed by atoms with van der Waals surface area (Å²) < 4.78 is 4.86. The van der Waals surface area contributed by atoms with Crippen molar-refractivity contribution < 1.29 is 19.7 Å². The van der Waals surface area contributed by atoms with Crippen LogP contribution in [0.25, 0.3) is 0 Å². The van der Waals surface area contributed by atoms with Gasteiger partial charge in [-0.3, -0.25) is 0 Å². The van der Waals surface area contributed by atoms with Crippen molar-refractivity contribution >= 4 is 5.97 Å². The summed E-state index contributed by atoms with van der Waals surface area (Å²) >= 11 is 0. The van der Waals surface area contributed by atoms with Gasteiger partial charge in [0.1, 0.15) is 0 Å². The van der Waals surface area contributed by atoms with E-state index in [1.54, 1.807) is 19.9 Å². The van der Waals surface area contributed by atoms with Crippen LogP contribution in [0.5, 0.6) is 0 Å². The second-order valence-electron chi connectivity index (χ2n) is 4.47. The second-order valence-corrected chi connectivity index (χ2v) is 4.47. The quantitative estimate of drug-likeness (QED) is 0.273. The zero-order valence-corrected chi connectivity index (χ0v) is 11.5. The normalized spacial score (nSPS) is 13.4. The molecule has 0 rings (SSSR count). The Labute approximate surface area is 110 Å². The number of ether oxygens (including phenoxy) is 1. The molecule has 0 aliphatic carbocycles. The largest absolute Gasteiger partial charge is 0.433 e. The van der Waals surface area contributed by atoms with E-state index in [-0.39, 0.29) is 6.61 Å². The Morgan fingerprint density at radius 1 is 1.17 bits per heavy atom. The molecule has 0 aromatic carbocycles. The van der Waals surface area contributed by atoms with Crippen molar-refractivity contribution in [3.05, 3.63) is 11.6 Å². The van der Waals surface area contributed by atoms with Crippen LogP contribution in [0.15, 0.2) is 11.6 Å².